The van der Waals surface area contributed by atoms with Gasteiger partial charge >= 0.3 is 0 Å². The standard InChI is InChI=1S/C15H21IN2O.ClH/c1-10-12(6-5-7-13(10)16)15(19)18-9-4-3-8-14(18)11(2)17;/h5-7,11,14H,3-4,8-9,17H2,1-2H3;1H. The van der Waals surface area contributed by atoms with Crippen molar-refractivity contribution in [3.05, 3.63) is 32.9 Å². The normalized spacial score (nSPS) is 20.2. The van der Waals surface area contributed by atoms with E-state index in [9.17, 15) is 4.79 Å². The molecule has 0 saturated carbocycles. The lowest BCUT2D eigenvalue weighted by Gasteiger charge is -2.38. The van der Waals surface area contributed by atoms with Crippen LogP contribution in [0.25, 0.3) is 0 Å². The van der Waals surface area contributed by atoms with Gasteiger partial charge in [-0.15, -0.1) is 12.4 Å². The van der Waals surface area contributed by atoms with E-state index in [1.807, 2.05) is 36.9 Å². The maximum Gasteiger partial charge on any atom is 0.254 e. The predicted octanol–water partition coefficient (Wildman–Crippen LogP) is 3.36. The second-order valence-electron chi connectivity index (χ2n) is 5.33. The van der Waals surface area contributed by atoms with Gasteiger partial charge in [-0.3, -0.25) is 4.79 Å². The van der Waals surface area contributed by atoms with Gasteiger partial charge < -0.3 is 10.6 Å². The number of hydrogen-bond donors (Lipinski definition) is 1. The maximum atomic E-state index is 12.8. The predicted molar refractivity (Wildman–Crippen MR) is 93.5 cm³/mol. The molecule has 1 aromatic carbocycles. The Morgan fingerprint density at radius 2 is 2.15 bits per heavy atom. The van der Waals surface area contributed by atoms with E-state index in [2.05, 4.69) is 22.6 Å². The fourth-order valence-electron chi connectivity index (χ4n) is 2.75. The third-order valence-electron chi connectivity index (χ3n) is 3.92. The molecule has 0 bridgehead atoms. The first-order valence-corrected chi connectivity index (χ1v) is 7.92. The molecule has 1 aromatic rings. The van der Waals surface area contributed by atoms with Gasteiger partial charge in [-0.2, -0.15) is 0 Å². The topological polar surface area (TPSA) is 46.3 Å². The Hall–Kier alpha value is -0.330. The highest BCUT2D eigenvalue weighted by Crippen LogP contribution is 2.24. The quantitative estimate of drug-likeness (QED) is 0.763. The summed E-state index contributed by atoms with van der Waals surface area (Å²) in [5.41, 5.74) is 7.94. The molecule has 1 heterocycles. The SMILES string of the molecule is Cc1c(I)cccc1C(=O)N1CCCCC1C(C)N.Cl. The van der Waals surface area contributed by atoms with Crippen LogP contribution in [0.2, 0.25) is 0 Å². The van der Waals surface area contributed by atoms with Gasteiger partial charge in [0.2, 0.25) is 0 Å². The average Bonchev–Trinajstić information content (AvgIpc) is 2.41. The van der Waals surface area contributed by atoms with Crippen LogP contribution in [0.5, 0.6) is 0 Å². The van der Waals surface area contributed by atoms with Crippen molar-refractivity contribution >= 4 is 40.9 Å². The Morgan fingerprint density at radius 3 is 2.80 bits per heavy atom. The van der Waals surface area contributed by atoms with Gasteiger partial charge in [-0.25, -0.2) is 0 Å². The molecule has 0 spiro atoms. The second-order valence-corrected chi connectivity index (χ2v) is 6.50. The Bertz CT molecular complexity index is 479. The molecular formula is C15H22ClIN2O. The lowest BCUT2D eigenvalue weighted by atomic mass is 9.95. The van der Waals surface area contributed by atoms with E-state index in [0.29, 0.717) is 0 Å². The molecule has 2 N–H and O–H groups in total. The molecule has 0 radical (unpaired) electrons. The smallest absolute Gasteiger partial charge is 0.254 e. The van der Waals surface area contributed by atoms with Gasteiger partial charge in [0, 0.05) is 27.8 Å². The highest BCUT2D eigenvalue weighted by Gasteiger charge is 2.30. The van der Waals surface area contributed by atoms with E-state index in [4.69, 9.17) is 5.73 Å². The minimum atomic E-state index is 0. The minimum absolute atomic E-state index is 0. The molecule has 2 rings (SSSR count). The van der Waals surface area contributed by atoms with Crippen LogP contribution in [-0.2, 0) is 0 Å². The van der Waals surface area contributed by atoms with Crippen LogP contribution in [0, 0.1) is 10.5 Å². The van der Waals surface area contributed by atoms with Crippen LogP contribution < -0.4 is 5.73 Å². The Balaban J connectivity index is 0.00000200. The van der Waals surface area contributed by atoms with E-state index in [0.717, 1.165) is 34.1 Å². The van der Waals surface area contributed by atoms with Gasteiger partial charge in [0.1, 0.15) is 0 Å². The Labute approximate surface area is 140 Å². The van der Waals surface area contributed by atoms with Crippen molar-refractivity contribution < 1.29 is 4.79 Å². The van der Waals surface area contributed by atoms with E-state index in [-0.39, 0.29) is 30.4 Å². The molecule has 1 aliphatic rings. The van der Waals surface area contributed by atoms with Crippen molar-refractivity contribution in [2.45, 2.75) is 45.2 Å². The number of nitrogens with zero attached hydrogens (tertiary/aromatic N) is 1. The number of hydrogen-bond acceptors (Lipinski definition) is 2. The Kier molecular flexibility index (Phi) is 6.75. The zero-order valence-electron chi connectivity index (χ0n) is 11.9. The molecule has 1 fully saturated rings. The summed E-state index contributed by atoms with van der Waals surface area (Å²) in [5, 5.41) is 0. The lowest BCUT2D eigenvalue weighted by Crippen LogP contribution is -2.51. The summed E-state index contributed by atoms with van der Waals surface area (Å²) in [6.45, 7) is 4.84. The summed E-state index contributed by atoms with van der Waals surface area (Å²) >= 11 is 2.28. The molecule has 0 aliphatic carbocycles. The zero-order chi connectivity index (χ0) is 14.0. The fraction of sp³-hybridized carbons (Fsp3) is 0.533. The maximum absolute atomic E-state index is 12.8. The summed E-state index contributed by atoms with van der Waals surface area (Å²) in [7, 11) is 0. The lowest BCUT2D eigenvalue weighted by molar-refractivity contribution is 0.0583. The van der Waals surface area contributed by atoms with E-state index >= 15 is 0 Å². The van der Waals surface area contributed by atoms with E-state index in [1.165, 1.54) is 6.42 Å². The molecule has 5 heteroatoms. The molecule has 1 amide bonds. The van der Waals surface area contributed by atoms with Crippen molar-refractivity contribution in [3.8, 4) is 0 Å². The Morgan fingerprint density at radius 1 is 1.45 bits per heavy atom. The van der Waals surface area contributed by atoms with Crippen molar-refractivity contribution in [1.29, 1.82) is 0 Å². The van der Waals surface area contributed by atoms with E-state index in [1.54, 1.807) is 0 Å². The molecule has 1 saturated heterocycles. The van der Waals surface area contributed by atoms with Gasteiger partial charge in [-0.05, 0) is 73.4 Å². The largest absolute Gasteiger partial charge is 0.334 e. The van der Waals surface area contributed by atoms with E-state index < -0.39 is 0 Å². The molecule has 2 atom stereocenters. The number of amides is 1. The third kappa shape index (κ3) is 3.65. The zero-order valence-corrected chi connectivity index (χ0v) is 14.9. The van der Waals surface area contributed by atoms with Crippen LogP contribution in [0.3, 0.4) is 0 Å². The average molecular weight is 409 g/mol. The molecule has 1 aliphatic heterocycles. The number of rotatable bonds is 2. The summed E-state index contributed by atoms with van der Waals surface area (Å²) < 4.78 is 1.14. The first-order chi connectivity index (χ1) is 9.02. The first-order valence-electron chi connectivity index (χ1n) is 6.84. The van der Waals surface area contributed by atoms with Gasteiger partial charge in [0.05, 0.1) is 0 Å². The van der Waals surface area contributed by atoms with Crippen LogP contribution in [0.4, 0.5) is 0 Å². The molecule has 20 heavy (non-hydrogen) atoms. The van der Waals surface area contributed by atoms with Gasteiger partial charge in [-0.1, -0.05) is 6.07 Å². The fourth-order valence-corrected chi connectivity index (χ4v) is 3.25. The molecule has 0 aromatic heterocycles. The van der Waals surface area contributed by atoms with Crippen LogP contribution in [0.1, 0.15) is 42.1 Å². The van der Waals surface area contributed by atoms with Crippen LogP contribution >= 0.6 is 35.0 Å². The number of carbonyl (C=O) groups is 1. The summed E-state index contributed by atoms with van der Waals surface area (Å²) in [6.07, 6.45) is 3.27. The first kappa shape index (κ1) is 17.7. The molecular weight excluding hydrogens is 387 g/mol. The second kappa shape index (κ2) is 7.61. The van der Waals surface area contributed by atoms with Crippen LogP contribution in [-0.4, -0.2) is 29.4 Å². The summed E-state index contributed by atoms with van der Waals surface area (Å²) in [5.74, 6) is 0.137. The number of carbonyl (C=O) groups excluding carboxylic acids is 1. The summed E-state index contributed by atoms with van der Waals surface area (Å²) in [4.78, 5) is 14.7. The minimum Gasteiger partial charge on any atom is -0.334 e. The van der Waals surface area contributed by atoms with Crippen molar-refractivity contribution in [1.82, 2.24) is 4.90 Å². The highest BCUT2D eigenvalue weighted by atomic mass is 127. The van der Waals surface area contributed by atoms with Crippen molar-refractivity contribution in [2.75, 3.05) is 6.54 Å². The molecule has 112 valence electrons. The number of nitrogens with two attached hydrogens (primary N) is 1. The van der Waals surface area contributed by atoms with Crippen molar-refractivity contribution in [2.24, 2.45) is 5.73 Å². The van der Waals surface area contributed by atoms with Crippen LogP contribution in [0.15, 0.2) is 18.2 Å². The van der Waals surface area contributed by atoms with Crippen molar-refractivity contribution in [3.63, 3.8) is 0 Å². The van der Waals surface area contributed by atoms with Gasteiger partial charge in [0.25, 0.3) is 5.91 Å². The monoisotopic (exact) mass is 408 g/mol. The molecule has 2 unspecified atom stereocenters. The number of halogens is 2. The summed E-state index contributed by atoms with van der Waals surface area (Å²) in [6, 6.07) is 6.12. The number of likely N-dealkylation sites (tertiary alicyclic amines) is 1. The third-order valence-corrected chi connectivity index (χ3v) is 5.08. The molecule has 3 nitrogen and oxygen atoms in total. The highest BCUT2D eigenvalue weighted by molar-refractivity contribution is 14.1. The van der Waals surface area contributed by atoms with Gasteiger partial charge in [0.15, 0.2) is 0 Å². The number of benzene rings is 1. The number of piperidine rings is 1.